The van der Waals surface area contributed by atoms with E-state index in [4.69, 9.17) is 5.26 Å². The van der Waals surface area contributed by atoms with Gasteiger partial charge in [-0.1, -0.05) is 12.1 Å². The van der Waals surface area contributed by atoms with Gasteiger partial charge in [0.05, 0.1) is 23.1 Å². The first-order valence-corrected chi connectivity index (χ1v) is 8.02. The highest BCUT2D eigenvalue weighted by Gasteiger charge is 2.23. The summed E-state index contributed by atoms with van der Waals surface area (Å²) in [6.07, 6.45) is 4.89. The summed E-state index contributed by atoms with van der Waals surface area (Å²) in [4.78, 5) is 14.1. The number of piperidine rings is 1. The first-order valence-electron chi connectivity index (χ1n) is 8.02. The lowest BCUT2D eigenvalue weighted by molar-refractivity contribution is 0.154. The van der Waals surface area contributed by atoms with E-state index in [1.165, 1.54) is 0 Å². The number of aliphatic hydroxyl groups excluding tert-OH is 1. The van der Waals surface area contributed by atoms with Crippen molar-refractivity contribution >= 4 is 16.9 Å². The minimum atomic E-state index is -0.326. The van der Waals surface area contributed by atoms with Crippen LogP contribution in [0.2, 0.25) is 0 Å². The molecule has 1 atom stereocenters. The number of hydrogen-bond acceptors (Lipinski definition) is 5. The first kappa shape index (κ1) is 14.7. The molecule has 0 spiro atoms. The van der Waals surface area contributed by atoms with Crippen molar-refractivity contribution in [2.45, 2.75) is 18.9 Å². The maximum atomic E-state index is 9.99. The van der Waals surface area contributed by atoms with Gasteiger partial charge in [-0.05, 0) is 30.5 Å². The number of aromatic nitrogens is 3. The van der Waals surface area contributed by atoms with Gasteiger partial charge in [-0.15, -0.1) is 0 Å². The van der Waals surface area contributed by atoms with Crippen LogP contribution in [0.4, 0.5) is 5.82 Å². The third-order valence-electron chi connectivity index (χ3n) is 4.45. The van der Waals surface area contributed by atoms with E-state index >= 15 is 0 Å². The van der Waals surface area contributed by atoms with Gasteiger partial charge >= 0.3 is 0 Å². The number of β-amino-alcohol motifs (C(OH)–C–C–N with tert-alkyl or cyclic N) is 1. The average Bonchev–Trinajstić information content (AvgIpc) is 3.06. The third kappa shape index (κ3) is 2.49. The molecule has 6 nitrogen and oxygen atoms in total. The Bertz CT molecular complexity index is 927. The molecule has 1 saturated heterocycles. The molecule has 0 amide bonds. The molecule has 3 aromatic rings. The van der Waals surface area contributed by atoms with Gasteiger partial charge in [0.15, 0.2) is 0 Å². The van der Waals surface area contributed by atoms with Crippen LogP contribution < -0.4 is 4.90 Å². The molecule has 1 unspecified atom stereocenters. The quantitative estimate of drug-likeness (QED) is 0.757. The Kier molecular flexibility index (Phi) is 3.63. The second-order valence-corrected chi connectivity index (χ2v) is 6.06. The highest BCUT2D eigenvalue weighted by atomic mass is 16.3. The highest BCUT2D eigenvalue weighted by Crippen LogP contribution is 2.34. The molecular formula is C18H17N5O. The lowest BCUT2D eigenvalue weighted by Crippen LogP contribution is -2.38. The Morgan fingerprint density at radius 3 is 3.08 bits per heavy atom. The summed E-state index contributed by atoms with van der Waals surface area (Å²) in [5.74, 6) is 0.831. The number of fused-ring (bicyclic) bond motifs is 1. The number of rotatable bonds is 2. The molecule has 2 N–H and O–H groups in total. The molecule has 0 radical (unpaired) electrons. The summed E-state index contributed by atoms with van der Waals surface area (Å²) in [5, 5.41) is 20.1. The summed E-state index contributed by atoms with van der Waals surface area (Å²) >= 11 is 0. The fraction of sp³-hybridized carbons (Fsp3) is 0.278. The van der Waals surface area contributed by atoms with Gasteiger partial charge in [-0.3, -0.25) is 0 Å². The third-order valence-corrected chi connectivity index (χ3v) is 4.45. The molecule has 1 aliphatic rings. The van der Waals surface area contributed by atoms with Crippen molar-refractivity contribution in [3.8, 4) is 17.2 Å². The zero-order chi connectivity index (χ0) is 16.5. The van der Waals surface area contributed by atoms with Crippen LogP contribution in [0.15, 0.2) is 36.8 Å². The summed E-state index contributed by atoms with van der Waals surface area (Å²) < 4.78 is 0. The van der Waals surface area contributed by atoms with Crippen LogP contribution in [-0.2, 0) is 0 Å². The Balaban J connectivity index is 1.87. The second-order valence-electron chi connectivity index (χ2n) is 6.06. The van der Waals surface area contributed by atoms with Crippen molar-refractivity contribution in [1.82, 2.24) is 15.0 Å². The van der Waals surface area contributed by atoms with Crippen LogP contribution >= 0.6 is 0 Å². The molecule has 6 heteroatoms. The predicted molar refractivity (Wildman–Crippen MR) is 91.5 cm³/mol. The minimum absolute atomic E-state index is 0.326. The van der Waals surface area contributed by atoms with Crippen LogP contribution in [0.5, 0.6) is 0 Å². The topological polar surface area (TPSA) is 88.8 Å². The van der Waals surface area contributed by atoms with Crippen LogP contribution in [-0.4, -0.2) is 39.3 Å². The Hall–Kier alpha value is -2.91. The largest absolute Gasteiger partial charge is 0.391 e. The molecule has 2 aromatic heterocycles. The maximum Gasteiger partial charge on any atom is 0.143 e. The number of anilines is 1. The standard InChI is InChI=1S/C18H17N5O/c19-8-12-3-1-4-13(7-12)15-9-20-17-16(15)18(22-11-21-17)23-6-2-5-14(24)10-23/h1,3-4,7,9,11,14,24H,2,5-6,10H2,(H,20,21,22). The monoisotopic (exact) mass is 319 g/mol. The number of aromatic amines is 1. The summed E-state index contributed by atoms with van der Waals surface area (Å²) in [6.45, 7) is 1.45. The fourth-order valence-electron chi connectivity index (χ4n) is 3.32. The van der Waals surface area contributed by atoms with Crippen molar-refractivity contribution in [1.29, 1.82) is 5.26 Å². The van der Waals surface area contributed by atoms with Gasteiger partial charge in [-0.2, -0.15) is 5.26 Å². The molecule has 3 heterocycles. The van der Waals surface area contributed by atoms with Crippen LogP contribution in [0.3, 0.4) is 0 Å². The smallest absolute Gasteiger partial charge is 0.143 e. The average molecular weight is 319 g/mol. The minimum Gasteiger partial charge on any atom is -0.391 e. The van der Waals surface area contributed by atoms with Gasteiger partial charge in [-0.25, -0.2) is 9.97 Å². The van der Waals surface area contributed by atoms with Gasteiger partial charge in [0.1, 0.15) is 17.8 Å². The molecular weight excluding hydrogens is 302 g/mol. The van der Waals surface area contributed by atoms with E-state index < -0.39 is 0 Å². The van der Waals surface area contributed by atoms with Crippen LogP contribution in [0.25, 0.3) is 22.2 Å². The fourth-order valence-corrected chi connectivity index (χ4v) is 3.32. The maximum absolute atomic E-state index is 9.99. The number of aliphatic hydroxyl groups is 1. The molecule has 4 rings (SSSR count). The van der Waals surface area contributed by atoms with Crippen LogP contribution in [0.1, 0.15) is 18.4 Å². The van der Waals surface area contributed by atoms with E-state index in [0.29, 0.717) is 12.1 Å². The molecule has 1 fully saturated rings. The Morgan fingerprint density at radius 1 is 1.33 bits per heavy atom. The summed E-state index contributed by atoms with van der Waals surface area (Å²) in [7, 11) is 0. The first-order chi connectivity index (χ1) is 11.8. The van der Waals surface area contributed by atoms with Gasteiger partial charge < -0.3 is 15.0 Å². The molecule has 1 aliphatic heterocycles. The predicted octanol–water partition coefficient (Wildman–Crippen LogP) is 2.46. The van der Waals surface area contributed by atoms with E-state index in [1.807, 2.05) is 24.4 Å². The van der Waals surface area contributed by atoms with Gasteiger partial charge in [0.2, 0.25) is 0 Å². The summed E-state index contributed by atoms with van der Waals surface area (Å²) in [5.41, 5.74) is 3.30. The van der Waals surface area contributed by atoms with E-state index in [-0.39, 0.29) is 6.10 Å². The Morgan fingerprint density at radius 2 is 2.25 bits per heavy atom. The molecule has 0 bridgehead atoms. The van der Waals surface area contributed by atoms with Gasteiger partial charge in [0.25, 0.3) is 0 Å². The molecule has 1 aromatic carbocycles. The molecule has 0 aliphatic carbocycles. The van der Waals surface area contributed by atoms with E-state index in [9.17, 15) is 5.11 Å². The number of H-pyrrole nitrogens is 1. The lowest BCUT2D eigenvalue weighted by atomic mass is 10.0. The molecule has 120 valence electrons. The zero-order valence-electron chi connectivity index (χ0n) is 13.1. The number of nitrogens with one attached hydrogen (secondary N) is 1. The van der Waals surface area contributed by atoms with Crippen molar-refractivity contribution in [3.05, 3.63) is 42.4 Å². The van der Waals surface area contributed by atoms with Crippen LogP contribution in [0, 0.1) is 11.3 Å². The van der Waals surface area contributed by atoms with Crippen molar-refractivity contribution in [2.75, 3.05) is 18.0 Å². The van der Waals surface area contributed by atoms with Gasteiger partial charge in [0, 0.05) is 24.8 Å². The van der Waals surface area contributed by atoms with E-state index in [0.717, 1.165) is 47.4 Å². The van der Waals surface area contributed by atoms with Crippen molar-refractivity contribution in [2.24, 2.45) is 0 Å². The zero-order valence-corrected chi connectivity index (χ0v) is 13.1. The molecule has 24 heavy (non-hydrogen) atoms. The highest BCUT2D eigenvalue weighted by molar-refractivity contribution is 6.01. The number of hydrogen-bond donors (Lipinski definition) is 2. The van der Waals surface area contributed by atoms with Crippen molar-refractivity contribution < 1.29 is 5.11 Å². The number of benzene rings is 1. The number of nitrogens with zero attached hydrogens (tertiary/aromatic N) is 4. The summed E-state index contributed by atoms with van der Waals surface area (Å²) in [6, 6.07) is 9.68. The van der Waals surface area contributed by atoms with E-state index in [2.05, 4.69) is 25.9 Å². The van der Waals surface area contributed by atoms with Crippen molar-refractivity contribution in [3.63, 3.8) is 0 Å². The normalized spacial score (nSPS) is 17.8. The second kappa shape index (κ2) is 5.95. The van der Waals surface area contributed by atoms with E-state index in [1.54, 1.807) is 12.4 Å². The SMILES string of the molecule is N#Cc1cccc(-c2c[nH]c3ncnc(N4CCCC(O)C4)c23)c1. The lowest BCUT2D eigenvalue weighted by Gasteiger charge is -2.31. The molecule has 0 saturated carbocycles. The Labute approximate surface area is 139 Å². The number of nitriles is 1.